The molecule has 108 valence electrons. The van der Waals surface area contributed by atoms with Gasteiger partial charge in [0.15, 0.2) is 0 Å². The summed E-state index contributed by atoms with van der Waals surface area (Å²) in [6.07, 6.45) is 0.701. The molecule has 1 aromatic carbocycles. The van der Waals surface area contributed by atoms with Crippen molar-refractivity contribution in [3.63, 3.8) is 0 Å². The smallest absolute Gasteiger partial charge is 0.331 e. The van der Waals surface area contributed by atoms with E-state index in [1.807, 2.05) is 19.1 Å². The topological polar surface area (TPSA) is 66.4 Å². The van der Waals surface area contributed by atoms with E-state index in [2.05, 4.69) is 5.32 Å². The lowest BCUT2D eigenvalue weighted by Gasteiger charge is -2.18. The number of hydrogen-bond donors (Lipinski definition) is 2. The van der Waals surface area contributed by atoms with E-state index in [0.717, 1.165) is 5.56 Å². The Hall–Kier alpha value is -1.81. The van der Waals surface area contributed by atoms with Crippen LogP contribution in [0.3, 0.4) is 0 Å². The van der Waals surface area contributed by atoms with Crippen LogP contribution in [0.1, 0.15) is 38.8 Å². The first-order valence-corrected chi connectivity index (χ1v) is 6.71. The third-order valence-corrected chi connectivity index (χ3v) is 3.46. The zero-order valence-electron chi connectivity index (χ0n) is 11.7. The van der Waals surface area contributed by atoms with Crippen molar-refractivity contribution in [2.24, 2.45) is 0 Å². The number of rotatable bonds is 5. The molecule has 0 aliphatic heterocycles. The van der Waals surface area contributed by atoms with E-state index >= 15 is 0 Å². The third-order valence-electron chi connectivity index (χ3n) is 3.21. The van der Waals surface area contributed by atoms with E-state index < -0.39 is 5.97 Å². The minimum Gasteiger partial charge on any atom is -0.478 e. The number of hydrogen-bond acceptors (Lipinski definition) is 2. The fraction of sp³-hybridized carbons (Fsp3) is 0.333. The number of carbonyl (C=O) groups is 2. The summed E-state index contributed by atoms with van der Waals surface area (Å²) in [5, 5.41) is 12.4. The van der Waals surface area contributed by atoms with Crippen molar-refractivity contribution >= 4 is 23.5 Å². The normalized spacial score (nSPS) is 13.4. The van der Waals surface area contributed by atoms with Gasteiger partial charge in [-0.25, -0.2) is 4.79 Å². The number of benzene rings is 1. The summed E-state index contributed by atoms with van der Waals surface area (Å²) in [6.45, 7) is 4.87. The maximum absolute atomic E-state index is 12.0. The van der Waals surface area contributed by atoms with E-state index in [0.29, 0.717) is 11.4 Å². The molecule has 1 unspecified atom stereocenters. The van der Waals surface area contributed by atoms with Gasteiger partial charge >= 0.3 is 5.97 Å². The van der Waals surface area contributed by atoms with Gasteiger partial charge in [-0.3, -0.25) is 4.79 Å². The molecule has 1 atom stereocenters. The standard InChI is InChI=1S/C15H18ClNO3/c1-4-13(11-5-7-12(16)8-6-11)17-14(18)9(2)10(3)15(19)20/h5-8,13H,4H2,1-3H3,(H,17,18)(H,19,20). The Morgan fingerprint density at radius 3 is 2.20 bits per heavy atom. The summed E-state index contributed by atoms with van der Waals surface area (Å²) in [4.78, 5) is 22.9. The van der Waals surface area contributed by atoms with E-state index in [1.165, 1.54) is 13.8 Å². The van der Waals surface area contributed by atoms with Crippen molar-refractivity contribution in [2.75, 3.05) is 0 Å². The maximum atomic E-state index is 12.0. The number of carboxylic acids is 1. The average molecular weight is 296 g/mol. The Bertz CT molecular complexity index is 535. The molecule has 0 fully saturated rings. The van der Waals surface area contributed by atoms with Gasteiger partial charge in [0.1, 0.15) is 0 Å². The molecule has 0 saturated carbocycles. The van der Waals surface area contributed by atoms with E-state index in [9.17, 15) is 9.59 Å². The van der Waals surface area contributed by atoms with Crippen LogP contribution in [0.15, 0.2) is 35.4 Å². The summed E-state index contributed by atoms with van der Waals surface area (Å²) in [7, 11) is 0. The van der Waals surface area contributed by atoms with Crippen molar-refractivity contribution in [3.8, 4) is 0 Å². The van der Waals surface area contributed by atoms with Crippen LogP contribution in [0.25, 0.3) is 0 Å². The summed E-state index contributed by atoms with van der Waals surface area (Å²) in [5.41, 5.74) is 1.20. The molecule has 0 aliphatic carbocycles. The number of aliphatic carboxylic acids is 1. The summed E-state index contributed by atoms with van der Waals surface area (Å²) in [6, 6.07) is 7.05. The van der Waals surface area contributed by atoms with Crippen LogP contribution >= 0.6 is 11.6 Å². The predicted octanol–water partition coefficient (Wildman–Crippen LogP) is 3.33. The van der Waals surface area contributed by atoms with Crippen molar-refractivity contribution in [1.29, 1.82) is 0 Å². The number of nitrogens with one attached hydrogen (secondary N) is 1. The van der Waals surface area contributed by atoms with Crippen LogP contribution in [0.5, 0.6) is 0 Å². The van der Waals surface area contributed by atoms with Crippen molar-refractivity contribution in [1.82, 2.24) is 5.32 Å². The molecule has 0 heterocycles. The monoisotopic (exact) mass is 295 g/mol. The Kier molecular flexibility index (Phi) is 5.77. The van der Waals surface area contributed by atoms with Crippen molar-refractivity contribution < 1.29 is 14.7 Å². The van der Waals surface area contributed by atoms with Gasteiger partial charge in [0.05, 0.1) is 6.04 Å². The van der Waals surface area contributed by atoms with Crippen LogP contribution in [0.4, 0.5) is 0 Å². The van der Waals surface area contributed by atoms with Crippen molar-refractivity contribution in [3.05, 3.63) is 46.0 Å². The first kappa shape index (κ1) is 16.2. The molecule has 1 amide bonds. The largest absolute Gasteiger partial charge is 0.478 e. The molecular formula is C15H18ClNO3. The van der Waals surface area contributed by atoms with E-state index in [4.69, 9.17) is 16.7 Å². The van der Waals surface area contributed by atoms with E-state index in [-0.39, 0.29) is 23.1 Å². The second kappa shape index (κ2) is 7.10. The zero-order valence-corrected chi connectivity index (χ0v) is 12.5. The quantitative estimate of drug-likeness (QED) is 0.819. The molecule has 1 aromatic rings. The van der Waals surface area contributed by atoms with Crippen molar-refractivity contribution in [2.45, 2.75) is 33.2 Å². The first-order chi connectivity index (χ1) is 9.36. The third kappa shape index (κ3) is 4.10. The molecule has 4 nitrogen and oxygen atoms in total. The molecule has 0 saturated heterocycles. The lowest BCUT2D eigenvalue weighted by Crippen LogP contribution is -2.29. The molecule has 2 N–H and O–H groups in total. The molecule has 0 bridgehead atoms. The first-order valence-electron chi connectivity index (χ1n) is 6.33. The Morgan fingerprint density at radius 2 is 1.75 bits per heavy atom. The lowest BCUT2D eigenvalue weighted by atomic mass is 10.0. The predicted molar refractivity (Wildman–Crippen MR) is 78.6 cm³/mol. The SMILES string of the molecule is CCC(NC(=O)C(C)=C(C)C(=O)O)c1ccc(Cl)cc1. The van der Waals surface area contributed by atoms with Gasteiger partial charge in [0, 0.05) is 16.2 Å². The van der Waals surface area contributed by atoms with Gasteiger partial charge in [-0.2, -0.15) is 0 Å². The summed E-state index contributed by atoms with van der Waals surface area (Å²) in [5.74, 6) is -1.45. The van der Waals surface area contributed by atoms with Gasteiger partial charge in [0.25, 0.3) is 0 Å². The van der Waals surface area contributed by atoms with Crippen LogP contribution < -0.4 is 5.32 Å². The molecular weight excluding hydrogens is 278 g/mol. The minimum absolute atomic E-state index is 0.0495. The molecule has 0 aromatic heterocycles. The lowest BCUT2D eigenvalue weighted by molar-refractivity contribution is -0.133. The van der Waals surface area contributed by atoms with Gasteiger partial charge in [-0.1, -0.05) is 30.7 Å². The van der Waals surface area contributed by atoms with E-state index in [1.54, 1.807) is 12.1 Å². The number of amides is 1. The van der Waals surface area contributed by atoms with Gasteiger partial charge < -0.3 is 10.4 Å². The highest BCUT2D eigenvalue weighted by Crippen LogP contribution is 2.20. The average Bonchev–Trinajstić information content (AvgIpc) is 2.43. The summed E-state index contributed by atoms with van der Waals surface area (Å²) < 4.78 is 0. The van der Waals surface area contributed by atoms with Gasteiger partial charge in [-0.15, -0.1) is 0 Å². The highest BCUT2D eigenvalue weighted by atomic mass is 35.5. The Balaban J connectivity index is 2.89. The second-order valence-electron chi connectivity index (χ2n) is 4.54. The molecule has 5 heteroatoms. The van der Waals surface area contributed by atoms with Crippen LogP contribution in [-0.4, -0.2) is 17.0 Å². The zero-order chi connectivity index (χ0) is 15.3. The maximum Gasteiger partial charge on any atom is 0.331 e. The fourth-order valence-electron chi connectivity index (χ4n) is 1.71. The highest BCUT2D eigenvalue weighted by molar-refractivity contribution is 6.30. The Morgan fingerprint density at radius 1 is 1.20 bits per heavy atom. The molecule has 20 heavy (non-hydrogen) atoms. The van der Waals surface area contributed by atoms with Gasteiger partial charge in [0.2, 0.25) is 5.91 Å². The van der Waals surface area contributed by atoms with Crippen LogP contribution in [0, 0.1) is 0 Å². The Labute approximate surface area is 123 Å². The molecule has 0 radical (unpaired) electrons. The number of carbonyl (C=O) groups excluding carboxylic acids is 1. The minimum atomic E-state index is -1.09. The van der Waals surface area contributed by atoms with Gasteiger partial charge in [-0.05, 0) is 38.0 Å². The second-order valence-corrected chi connectivity index (χ2v) is 4.98. The molecule has 1 rings (SSSR count). The number of carboxylic acid groups (broad SMARTS) is 1. The highest BCUT2D eigenvalue weighted by Gasteiger charge is 2.17. The van der Waals surface area contributed by atoms with Crippen LogP contribution in [0.2, 0.25) is 5.02 Å². The fourth-order valence-corrected chi connectivity index (χ4v) is 1.84. The summed E-state index contributed by atoms with van der Waals surface area (Å²) >= 11 is 5.83. The number of halogens is 1. The molecule has 0 spiro atoms. The molecule has 0 aliphatic rings. The van der Waals surface area contributed by atoms with Crippen LogP contribution in [-0.2, 0) is 9.59 Å².